The van der Waals surface area contributed by atoms with Crippen LogP contribution >= 0.6 is 0 Å². The Kier molecular flexibility index (Phi) is 3.76. The summed E-state index contributed by atoms with van der Waals surface area (Å²) >= 11 is 0. The van der Waals surface area contributed by atoms with Crippen LogP contribution in [-0.4, -0.2) is 26.2 Å². The lowest BCUT2D eigenvalue weighted by atomic mass is 9.91. The van der Waals surface area contributed by atoms with Gasteiger partial charge in [0.25, 0.3) is 0 Å². The molecule has 21 heavy (non-hydrogen) atoms. The first-order valence-corrected chi connectivity index (χ1v) is 7.63. The van der Waals surface area contributed by atoms with Crippen LogP contribution in [-0.2, 0) is 0 Å². The topological polar surface area (TPSA) is 55.6 Å². The van der Waals surface area contributed by atoms with Crippen LogP contribution in [0.4, 0.5) is 0 Å². The average Bonchev–Trinajstić information content (AvgIpc) is 3.09. The minimum Gasteiger partial charge on any atom is -0.307 e. The van der Waals surface area contributed by atoms with Gasteiger partial charge in [-0.15, -0.1) is 5.10 Å². The molecule has 0 saturated heterocycles. The minimum absolute atomic E-state index is 0.334. The van der Waals surface area contributed by atoms with Crippen molar-refractivity contribution in [2.24, 2.45) is 5.41 Å². The maximum atomic E-state index is 3.94. The van der Waals surface area contributed by atoms with E-state index in [0.29, 0.717) is 17.5 Å². The summed E-state index contributed by atoms with van der Waals surface area (Å²) in [7, 11) is 0. The van der Waals surface area contributed by atoms with E-state index in [-0.39, 0.29) is 0 Å². The van der Waals surface area contributed by atoms with Gasteiger partial charge in [-0.2, -0.15) is 0 Å². The van der Waals surface area contributed by atoms with Gasteiger partial charge in [0.05, 0.1) is 5.69 Å². The number of hydrogen-bond acceptors (Lipinski definition) is 4. The fraction of sp³-hybridized carbons (Fsp3) is 0.562. The Morgan fingerprint density at radius 1 is 1.38 bits per heavy atom. The predicted octanol–water partition coefficient (Wildman–Crippen LogP) is 2.89. The van der Waals surface area contributed by atoms with Crippen LogP contribution in [0, 0.1) is 5.41 Å². The normalized spacial score (nSPS) is 22.3. The molecule has 1 fully saturated rings. The maximum Gasteiger partial charge on any atom is 0.143 e. The standard InChI is InChI=1S/C16H23N5/c1-12(18-14-7-8-16(2,3)10-14)13-5-4-6-15(9-13)21-11-17-19-20-21/h4-6,9,11-12,14,18H,7-8,10H2,1-3H3. The van der Waals surface area contributed by atoms with Crippen LogP contribution in [0.3, 0.4) is 0 Å². The summed E-state index contributed by atoms with van der Waals surface area (Å²) in [6.45, 7) is 6.94. The fourth-order valence-corrected chi connectivity index (χ4v) is 3.24. The SMILES string of the molecule is CC(NC1CCC(C)(C)C1)c1cccc(-n2cnnn2)c1. The van der Waals surface area contributed by atoms with Crippen molar-refractivity contribution in [2.45, 2.75) is 52.1 Å². The fourth-order valence-electron chi connectivity index (χ4n) is 3.24. The highest BCUT2D eigenvalue weighted by Crippen LogP contribution is 2.37. The molecule has 1 aliphatic carbocycles. The lowest BCUT2D eigenvalue weighted by Crippen LogP contribution is -2.30. The Morgan fingerprint density at radius 2 is 2.24 bits per heavy atom. The van der Waals surface area contributed by atoms with E-state index in [4.69, 9.17) is 0 Å². The van der Waals surface area contributed by atoms with Gasteiger partial charge in [0.1, 0.15) is 6.33 Å². The summed E-state index contributed by atoms with van der Waals surface area (Å²) in [6, 6.07) is 9.33. The zero-order chi connectivity index (χ0) is 14.9. The molecule has 2 atom stereocenters. The monoisotopic (exact) mass is 285 g/mol. The molecule has 5 heteroatoms. The summed E-state index contributed by atoms with van der Waals surface area (Å²) < 4.78 is 1.69. The third-order valence-corrected chi connectivity index (χ3v) is 4.44. The van der Waals surface area contributed by atoms with Gasteiger partial charge in [-0.3, -0.25) is 0 Å². The molecule has 2 aromatic rings. The van der Waals surface area contributed by atoms with Crippen LogP contribution in [0.15, 0.2) is 30.6 Å². The second-order valence-corrected chi connectivity index (χ2v) is 6.84. The first kappa shape index (κ1) is 14.2. The molecule has 2 unspecified atom stereocenters. The largest absolute Gasteiger partial charge is 0.307 e. The van der Waals surface area contributed by atoms with Crippen molar-refractivity contribution in [3.63, 3.8) is 0 Å². The highest BCUT2D eigenvalue weighted by Gasteiger charge is 2.31. The van der Waals surface area contributed by atoms with Gasteiger partial charge in [0.15, 0.2) is 0 Å². The Morgan fingerprint density at radius 3 is 2.90 bits per heavy atom. The van der Waals surface area contributed by atoms with Gasteiger partial charge in [-0.1, -0.05) is 26.0 Å². The molecule has 3 rings (SSSR count). The molecule has 1 N–H and O–H groups in total. The highest BCUT2D eigenvalue weighted by molar-refractivity contribution is 5.35. The van der Waals surface area contributed by atoms with E-state index >= 15 is 0 Å². The predicted molar refractivity (Wildman–Crippen MR) is 82.1 cm³/mol. The molecule has 0 bridgehead atoms. The maximum absolute atomic E-state index is 3.94. The number of tetrazole rings is 1. The van der Waals surface area contributed by atoms with Crippen molar-refractivity contribution in [1.29, 1.82) is 0 Å². The molecule has 1 aromatic carbocycles. The van der Waals surface area contributed by atoms with E-state index in [1.54, 1.807) is 11.0 Å². The summed E-state index contributed by atoms with van der Waals surface area (Å²) in [5, 5.41) is 15.1. The Hall–Kier alpha value is -1.75. The molecule has 0 spiro atoms. The number of nitrogens with zero attached hydrogens (tertiary/aromatic N) is 4. The van der Waals surface area contributed by atoms with Crippen LogP contribution in [0.2, 0.25) is 0 Å². The van der Waals surface area contributed by atoms with Gasteiger partial charge < -0.3 is 5.32 Å². The smallest absolute Gasteiger partial charge is 0.143 e. The summed E-state index contributed by atoms with van der Waals surface area (Å²) in [6.07, 6.45) is 5.45. The number of nitrogens with one attached hydrogen (secondary N) is 1. The van der Waals surface area contributed by atoms with Crippen molar-refractivity contribution >= 4 is 0 Å². The molecular weight excluding hydrogens is 262 g/mol. The average molecular weight is 285 g/mol. The van der Waals surface area contributed by atoms with E-state index in [0.717, 1.165) is 5.69 Å². The lowest BCUT2D eigenvalue weighted by Gasteiger charge is -2.22. The number of benzene rings is 1. The molecular formula is C16H23N5. The molecule has 1 saturated carbocycles. The molecule has 0 amide bonds. The molecule has 0 aliphatic heterocycles. The van der Waals surface area contributed by atoms with E-state index in [2.05, 4.69) is 59.8 Å². The number of aromatic nitrogens is 4. The van der Waals surface area contributed by atoms with Gasteiger partial charge >= 0.3 is 0 Å². The number of rotatable bonds is 4. The summed E-state index contributed by atoms with van der Waals surface area (Å²) in [4.78, 5) is 0. The zero-order valence-corrected chi connectivity index (χ0v) is 13.0. The summed E-state index contributed by atoms with van der Waals surface area (Å²) in [5.41, 5.74) is 2.75. The van der Waals surface area contributed by atoms with Crippen LogP contribution in [0.5, 0.6) is 0 Å². The quantitative estimate of drug-likeness (QED) is 0.938. The van der Waals surface area contributed by atoms with E-state index in [1.807, 2.05) is 6.07 Å². The zero-order valence-electron chi connectivity index (χ0n) is 13.0. The van der Waals surface area contributed by atoms with Crippen molar-refractivity contribution in [2.75, 3.05) is 0 Å². The summed E-state index contributed by atoms with van der Waals surface area (Å²) in [5.74, 6) is 0. The van der Waals surface area contributed by atoms with Crippen molar-refractivity contribution in [3.8, 4) is 5.69 Å². The molecule has 5 nitrogen and oxygen atoms in total. The Labute approximate surface area is 125 Å². The Bertz CT molecular complexity index is 590. The third-order valence-electron chi connectivity index (χ3n) is 4.44. The van der Waals surface area contributed by atoms with Gasteiger partial charge in [-0.05, 0) is 59.7 Å². The van der Waals surface area contributed by atoms with Crippen LogP contribution < -0.4 is 5.32 Å². The first-order valence-electron chi connectivity index (χ1n) is 7.63. The van der Waals surface area contributed by atoms with E-state index in [1.165, 1.54) is 24.8 Å². The molecule has 112 valence electrons. The molecule has 0 radical (unpaired) electrons. The van der Waals surface area contributed by atoms with Crippen LogP contribution in [0.1, 0.15) is 51.6 Å². The lowest BCUT2D eigenvalue weighted by molar-refractivity contribution is 0.356. The third kappa shape index (κ3) is 3.29. The van der Waals surface area contributed by atoms with Crippen LogP contribution in [0.25, 0.3) is 5.69 Å². The van der Waals surface area contributed by atoms with E-state index in [9.17, 15) is 0 Å². The second-order valence-electron chi connectivity index (χ2n) is 6.84. The Balaban J connectivity index is 1.70. The first-order chi connectivity index (χ1) is 10.0. The van der Waals surface area contributed by atoms with Crippen molar-refractivity contribution in [1.82, 2.24) is 25.5 Å². The number of hydrogen-bond donors (Lipinski definition) is 1. The highest BCUT2D eigenvalue weighted by atomic mass is 15.5. The molecule has 1 aliphatic rings. The van der Waals surface area contributed by atoms with E-state index < -0.39 is 0 Å². The molecule has 1 heterocycles. The van der Waals surface area contributed by atoms with Crippen molar-refractivity contribution in [3.05, 3.63) is 36.2 Å². The van der Waals surface area contributed by atoms with Crippen molar-refractivity contribution < 1.29 is 0 Å². The van der Waals surface area contributed by atoms with Gasteiger partial charge in [-0.25, -0.2) is 4.68 Å². The second kappa shape index (κ2) is 5.56. The minimum atomic E-state index is 0.334. The molecule has 1 aromatic heterocycles. The van der Waals surface area contributed by atoms with Gasteiger partial charge in [0, 0.05) is 12.1 Å². The van der Waals surface area contributed by atoms with Gasteiger partial charge in [0.2, 0.25) is 0 Å².